The average Bonchev–Trinajstić information content (AvgIpc) is 2.23. The Hall–Kier alpha value is -0.980. The Bertz CT molecular complexity index is 639. The predicted molar refractivity (Wildman–Crippen MR) is 63.5 cm³/mol. The predicted octanol–water partition coefficient (Wildman–Crippen LogP) is 3.28. The SMILES string of the molecule is N#Cc1cc(CBr)c(S(=O)(=O)Cl)c(OC(F)(F)F)c1. The van der Waals surface area contributed by atoms with Crippen molar-refractivity contribution in [2.45, 2.75) is 16.6 Å². The van der Waals surface area contributed by atoms with Crippen LogP contribution in [-0.2, 0) is 14.4 Å². The largest absolute Gasteiger partial charge is 0.573 e. The van der Waals surface area contributed by atoms with Crippen molar-refractivity contribution in [3.8, 4) is 11.8 Å². The second-order valence-corrected chi connectivity index (χ2v) is 6.26. The molecule has 0 aromatic heterocycles. The fourth-order valence-electron chi connectivity index (χ4n) is 1.30. The van der Waals surface area contributed by atoms with Crippen molar-refractivity contribution in [2.75, 3.05) is 0 Å². The van der Waals surface area contributed by atoms with Crippen molar-refractivity contribution in [3.63, 3.8) is 0 Å². The van der Waals surface area contributed by atoms with Gasteiger partial charge in [0.05, 0.1) is 11.6 Å². The van der Waals surface area contributed by atoms with Gasteiger partial charge in [0.1, 0.15) is 4.90 Å². The van der Waals surface area contributed by atoms with Crippen LogP contribution in [0.1, 0.15) is 11.1 Å². The Balaban J connectivity index is 3.62. The molecule has 1 rings (SSSR count). The van der Waals surface area contributed by atoms with E-state index in [1.54, 1.807) is 6.07 Å². The number of hydrogen-bond acceptors (Lipinski definition) is 4. The van der Waals surface area contributed by atoms with Gasteiger partial charge in [-0.05, 0) is 17.7 Å². The lowest BCUT2D eigenvalue weighted by Gasteiger charge is -2.14. The van der Waals surface area contributed by atoms with E-state index >= 15 is 0 Å². The highest BCUT2D eigenvalue weighted by atomic mass is 79.9. The van der Waals surface area contributed by atoms with Gasteiger partial charge < -0.3 is 4.74 Å². The molecule has 0 radical (unpaired) electrons. The van der Waals surface area contributed by atoms with Gasteiger partial charge in [-0.3, -0.25) is 0 Å². The Morgan fingerprint density at radius 1 is 1.42 bits per heavy atom. The summed E-state index contributed by atoms with van der Waals surface area (Å²) >= 11 is 2.91. The minimum Gasteiger partial charge on any atom is -0.404 e. The summed E-state index contributed by atoms with van der Waals surface area (Å²) in [6.45, 7) is 0. The summed E-state index contributed by atoms with van der Waals surface area (Å²) in [5, 5.41) is 8.58. The molecule has 0 aliphatic rings. The van der Waals surface area contributed by atoms with Crippen molar-refractivity contribution >= 4 is 35.7 Å². The van der Waals surface area contributed by atoms with Crippen LogP contribution in [0.25, 0.3) is 0 Å². The molecule has 0 aliphatic carbocycles. The first-order valence-corrected chi connectivity index (χ1v) is 7.85. The summed E-state index contributed by atoms with van der Waals surface area (Å²) in [5.74, 6) is -1.03. The summed E-state index contributed by atoms with van der Waals surface area (Å²) in [6.07, 6.45) is -5.10. The van der Waals surface area contributed by atoms with Crippen LogP contribution >= 0.6 is 26.6 Å². The van der Waals surface area contributed by atoms with E-state index in [0.717, 1.165) is 6.07 Å². The fraction of sp³-hybridized carbons (Fsp3) is 0.222. The molecule has 0 aliphatic heterocycles. The van der Waals surface area contributed by atoms with Gasteiger partial charge in [0.15, 0.2) is 5.75 Å². The zero-order valence-corrected chi connectivity index (χ0v) is 12.0. The number of nitrogens with zero attached hydrogens (tertiary/aromatic N) is 1. The summed E-state index contributed by atoms with van der Waals surface area (Å²) in [7, 11) is 0.627. The van der Waals surface area contributed by atoms with Crippen molar-refractivity contribution in [1.29, 1.82) is 5.26 Å². The third-order valence-corrected chi connectivity index (χ3v) is 3.89. The number of halogens is 5. The van der Waals surface area contributed by atoms with Gasteiger partial charge in [-0.2, -0.15) is 5.26 Å². The van der Waals surface area contributed by atoms with Crippen molar-refractivity contribution in [1.82, 2.24) is 0 Å². The van der Waals surface area contributed by atoms with E-state index in [4.69, 9.17) is 15.9 Å². The smallest absolute Gasteiger partial charge is 0.404 e. The maximum absolute atomic E-state index is 12.2. The fourth-order valence-corrected chi connectivity index (χ4v) is 3.24. The van der Waals surface area contributed by atoms with Crippen molar-refractivity contribution < 1.29 is 26.3 Å². The second-order valence-electron chi connectivity index (χ2n) is 3.19. The molecule has 0 bridgehead atoms. The molecule has 1 aromatic rings. The summed E-state index contributed by atoms with van der Waals surface area (Å²) in [5.41, 5.74) is -0.286. The quantitative estimate of drug-likeness (QED) is 0.598. The standard InChI is InChI=1S/C9H4BrClF3NO3S/c10-3-6-1-5(4-15)2-7(18-9(12,13)14)8(6)19(11,16)17/h1-2H,3H2. The molecule has 0 fully saturated rings. The van der Waals surface area contributed by atoms with E-state index in [1.165, 1.54) is 0 Å². The minimum atomic E-state index is -5.10. The molecule has 4 nitrogen and oxygen atoms in total. The van der Waals surface area contributed by atoms with Gasteiger partial charge in [0.25, 0.3) is 9.05 Å². The molecule has 0 saturated carbocycles. The normalized spacial score (nSPS) is 12.0. The van der Waals surface area contributed by atoms with Crippen LogP contribution in [-0.4, -0.2) is 14.8 Å². The van der Waals surface area contributed by atoms with Crippen LogP contribution < -0.4 is 4.74 Å². The first-order chi connectivity index (χ1) is 8.58. The monoisotopic (exact) mass is 377 g/mol. The zero-order valence-electron chi connectivity index (χ0n) is 8.83. The molecule has 19 heavy (non-hydrogen) atoms. The van der Waals surface area contributed by atoms with Crippen LogP contribution in [0, 0.1) is 11.3 Å². The highest BCUT2D eigenvalue weighted by Crippen LogP contribution is 2.36. The van der Waals surface area contributed by atoms with Crippen LogP contribution in [0.3, 0.4) is 0 Å². The second kappa shape index (κ2) is 5.56. The van der Waals surface area contributed by atoms with Crippen molar-refractivity contribution in [2.24, 2.45) is 0 Å². The number of hydrogen-bond donors (Lipinski definition) is 0. The molecular weight excluding hydrogens is 375 g/mol. The molecule has 0 N–H and O–H groups in total. The first kappa shape index (κ1) is 16.1. The van der Waals surface area contributed by atoms with Crippen LogP contribution in [0.4, 0.5) is 13.2 Å². The molecule has 104 valence electrons. The van der Waals surface area contributed by atoms with Crippen molar-refractivity contribution in [3.05, 3.63) is 23.3 Å². The first-order valence-electron chi connectivity index (χ1n) is 4.42. The Kier molecular flexibility index (Phi) is 4.71. The summed E-state index contributed by atoms with van der Waals surface area (Å²) in [6, 6.07) is 3.37. The lowest BCUT2D eigenvalue weighted by atomic mass is 10.1. The van der Waals surface area contributed by atoms with E-state index in [2.05, 4.69) is 20.7 Å². The number of alkyl halides is 4. The molecule has 0 spiro atoms. The molecule has 0 saturated heterocycles. The van der Waals surface area contributed by atoms with E-state index in [1.807, 2.05) is 0 Å². The Labute approximate surface area is 119 Å². The molecule has 0 atom stereocenters. The van der Waals surface area contributed by atoms with Crippen LogP contribution in [0.15, 0.2) is 17.0 Å². The van der Waals surface area contributed by atoms with E-state index in [-0.39, 0.29) is 16.5 Å². The van der Waals surface area contributed by atoms with Gasteiger partial charge in [0, 0.05) is 16.0 Å². The highest BCUT2D eigenvalue weighted by Gasteiger charge is 2.35. The molecule has 0 amide bonds. The van der Waals surface area contributed by atoms with Gasteiger partial charge in [-0.1, -0.05) is 15.9 Å². The molecule has 0 heterocycles. The lowest BCUT2D eigenvalue weighted by Crippen LogP contribution is -2.19. The number of ether oxygens (including phenoxy) is 1. The molecular formula is C9H4BrClF3NO3S. The maximum Gasteiger partial charge on any atom is 0.573 e. The van der Waals surface area contributed by atoms with Gasteiger partial charge in [0.2, 0.25) is 0 Å². The summed E-state index contributed by atoms with van der Waals surface area (Å²) in [4.78, 5) is -0.817. The van der Waals surface area contributed by atoms with Crippen LogP contribution in [0.5, 0.6) is 5.75 Å². The molecule has 10 heteroatoms. The van der Waals surface area contributed by atoms with E-state index < -0.39 is 26.1 Å². The molecule has 1 aromatic carbocycles. The van der Waals surface area contributed by atoms with E-state index in [9.17, 15) is 21.6 Å². The third kappa shape index (κ3) is 4.26. The van der Waals surface area contributed by atoms with Crippen LogP contribution in [0.2, 0.25) is 0 Å². The minimum absolute atomic E-state index is 0.103. The lowest BCUT2D eigenvalue weighted by molar-refractivity contribution is -0.275. The maximum atomic E-state index is 12.2. The topological polar surface area (TPSA) is 67.2 Å². The van der Waals surface area contributed by atoms with Gasteiger partial charge >= 0.3 is 6.36 Å². The number of benzene rings is 1. The molecule has 0 unspecified atom stereocenters. The third-order valence-electron chi connectivity index (χ3n) is 1.87. The van der Waals surface area contributed by atoms with Gasteiger partial charge in [-0.25, -0.2) is 8.42 Å². The summed E-state index contributed by atoms with van der Waals surface area (Å²) < 4.78 is 63.0. The highest BCUT2D eigenvalue weighted by molar-refractivity contribution is 9.08. The average molecular weight is 379 g/mol. The number of rotatable bonds is 3. The Morgan fingerprint density at radius 3 is 2.37 bits per heavy atom. The van der Waals surface area contributed by atoms with Gasteiger partial charge in [-0.15, -0.1) is 13.2 Å². The van der Waals surface area contributed by atoms with E-state index in [0.29, 0.717) is 6.07 Å². The number of nitriles is 1. The Morgan fingerprint density at radius 2 is 2.00 bits per heavy atom. The zero-order chi connectivity index (χ0) is 14.8.